The number of hydrogen-bond acceptors (Lipinski definition) is 4. The van der Waals surface area contributed by atoms with E-state index >= 15 is 0 Å². The number of carbonyl (C=O) groups is 1. The van der Waals surface area contributed by atoms with Gasteiger partial charge in [-0.15, -0.1) is 0 Å². The molecular weight excluding hydrogens is 300 g/mol. The van der Waals surface area contributed by atoms with E-state index in [0.29, 0.717) is 18.0 Å². The zero-order valence-corrected chi connectivity index (χ0v) is 12.3. The highest BCUT2D eigenvalue weighted by atomic mass is 79.9. The Morgan fingerprint density at radius 1 is 1.39 bits per heavy atom. The van der Waals surface area contributed by atoms with Crippen LogP contribution in [0.2, 0.25) is 0 Å². The monoisotopic (exact) mass is 316 g/mol. The zero-order valence-electron chi connectivity index (χ0n) is 10.7. The van der Waals surface area contributed by atoms with Gasteiger partial charge >= 0.3 is 0 Å². The van der Waals surface area contributed by atoms with Gasteiger partial charge in [-0.1, -0.05) is 0 Å². The maximum atomic E-state index is 10.8. The summed E-state index contributed by atoms with van der Waals surface area (Å²) >= 11 is 3.42. The van der Waals surface area contributed by atoms with Crippen LogP contribution in [0.25, 0.3) is 0 Å². The van der Waals surface area contributed by atoms with Crippen molar-refractivity contribution in [3.8, 4) is 11.5 Å². The van der Waals surface area contributed by atoms with Gasteiger partial charge in [0.2, 0.25) is 5.91 Å². The molecule has 2 N–H and O–H groups in total. The summed E-state index contributed by atoms with van der Waals surface area (Å²) in [4.78, 5) is 12.6. The van der Waals surface area contributed by atoms with Gasteiger partial charge < -0.3 is 15.2 Å². The van der Waals surface area contributed by atoms with Crippen LogP contribution in [-0.2, 0) is 11.3 Å². The third-order valence-corrected chi connectivity index (χ3v) is 2.96. The largest absolute Gasteiger partial charge is 0.493 e. The Morgan fingerprint density at radius 3 is 2.56 bits per heavy atom. The lowest BCUT2D eigenvalue weighted by atomic mass is 10.2. The van der Waals surface area contributed by atoms with Crippen molar-refractivity contribution >= 4 is 21.8 Å². The number of amides is 1. The Kier molecular flexibility index (Phi) is 5.43. The maximum Gasteiger partial charge on any atom is 0.231 e. The first-order chi connectivity index (χ1) is 8.47. The van der Waals surface area contributed by atoms with Gasteiger partial charge in [-0.25, -0.2) is 0 Å². The van der Waals surface area contributed by atoms with Crippen molar-refractivity contribution in [3.05, 3.63) is 22.2 Å². The third-order valence-electron chi connectivity index (χ3n) is 2.37. The van der Waals surface area contributed by atoms with E-state index in [1.54, 1.807) is 14.2 Å². The fourth-order valence-electron chi connectivity index (χ4n) is 1.70. The summed E-state index contributed by atoms with van der Waals surface area (Å²) in [5.74, 6) is 0.949. The topological polar surface area (TPSA) is 64.8 Å². The highest BCUT2D eigenvalue weighted by Gasteiger charge is 2.12. The van der Waals surface area contributed by atoms with Crippen molar-refractivity contribution in [2.24, 2.45) is 5.73 Å². The fraction of sp³-hybridized carbons (Fsp3) is 0.417. The minimum Gasteiger partial charge on any atom is -0.493 e. The smallest absolute Gasteiger partial charge is 0.231 e. The number of carbonyl (C=O) groups excluding carboxylic acids is 1. The van der Waals surface area contributed by atoms with Crippen LogP contribution in [0.1, 0.15) is 5.56 Å². The summed E-state index contributed by atoms with van der Waals surface area (Å²) in [6, 6.07) is 3.81. The third kappa shape index (κ3) is 3.89. The first-order valence-corrected chi connectivity index (χ1v) is 6.14. The van der Waals surface area contributed by atoms with E-state index in [2.05, 4.69) is 15.9 Å². The second-order valence-corrected chi connectivity index (χ2v) is 4.81. The predicted molar refractivity (Wildman–Crippen MR) is 72.8 cm³/mol. The molecule has 0 aliphatic rings. The van der Waals surface area contributed by atoms with Crippen molar-refractivity contribution in [1.29, 1.82) is 0 Å². The second-order valence-electron chi connectivity index (χ2n) is 3.95. The lowest BCUT2D eigenvalue weighted by Gasteiger charge is -2.17. The zero-order chi connectivity index (χ0) is 13.7. The normalized spacial score (nSPS) is 10.5. The van der Waals surface area contributed by atoms with Gasteiger partial charge in [-0.2, -0.15) is 0 Å². The molecule has 18 heavy (non-hydrogen) atoms. The standard InChI is InChI=1S/C12H17BrN2O3/c1-15(7-11(14)16)6-8-4-9(13)12(18-3)10(5-8)17-2/h4-5H,6-7H2,1-3H3,(H2,14,16). The van der Waals surface area contributed by atoms with Crippen molar-refractivity contribution in [2.45, 2.75) is 6.54 Å². The molecule has 0 atom stereocenters. The fourth-order valence-corrected chi connectivity index (χ4v) is 2.35. The van der Waals surface area contributed by atoms with E-state index in [1.807, 2.05) is 24.1 Å². The molecule has 1 amide bonds. The number of rotatable bonds is 6. The molecule has 0 fully saturated rings. The summed E-state index contributed by atoms with van der Waals surface area (Å²) in [7, 11) is 5.00. The average Bonchev–Trinajstić information content (AvgIpc) is 2.26. The number of nitrogens with two attached hydrogens (primary N) is 1. The van der Waals surface area contributed by atoms with Gasteiger partial charge in [0.15, 0.2) is 11.5 Å². The van der Waals surface area contributed by atoms with Crippen molar-refractivity contribution in [3.63, 3.8) is 0 Å². The van der Waals surface area contributed by atoms with Crippen molar-refractivity contribution in [1.82, 2.24) is 4.90 Å². The minimum absolute atomic E-state index is 0.214. The number of likely N-dealkylation sites (N-methyl/N-ethyl adjacent to an activating group) is 1. The first kappa shape index (κ1) is 14.8. The molecule has 0 aromatic heterocycles. The molecule has 0 bridgehead atoms. The van der Waals surface area contributed by atoms with Gasteiger partial charge in [0.25, 0.3) is 0 Å². The number of methoxy groups -OCH3 is 2. The molecule has 1 rings (SSSR count). The molecule has 0 aliphatic carbocycles. The van der Waals surface area contributed by atoms with Gasteiger partial charge in [0, 0.05) is 6.54 Å². The molecule has 0 unspecified atom stereocenters. The molecule has 0 aliphatic heterocycles. The second kappa shape index (κ2) is 6.61. The highest BCUT2D eigenvalue weighted by Crippen LogP contribution is 2.36. The Hall–Kier alpha value is -1.27. The minimum atomic E-state index is -0.350. The number of halogens is 1. The quantitative estimate of drug-likeness (QED) is 0.861. The van der Waals surface area contributed by atoms with E-state index in [-0.39, 0.29) is 12.5 Å². The molecule has 0 radical (unpaired) electrons. The molecular formula is C12H17BrN2O3. The van der Waals surface area contributed by atoms with Crippen LogP contribution < -0.4 is 15.2 Å². The lowest BCUT2D eigenvalue weighted by Crippen LogP contribution is -2.30. The first-order valence-electron chi connectivity index (χ1n) is 5.35. The number of benzene rings is 1. The van der Waals surface area contributed by atoms with Crippen LogP contribution in [0.15, 0.2) is 16.6 Å². The van der Waals surface area contributed by atoms with Gasteiger partial charge in [0.05, 0.1) is 25.2 Å². The van der Waals surface area contributed by atoms with Crippen LogP contribution in [0.3, 0.4) is 0 Å². The van der Waals surface area contributed by atoms with E-state index in [0.717, 1.165) is 10.0 Å². The summed E-state index contributed by atoms with van der Waals surface area (Å²) in [6.07, 6.45) is 0. The molecule has 0 heterocycles. The van der Waals surface area contributed by atoms with Crippen LogP contribution in [-0.4, -0.2) is 38.6 Å². The summed E-state index contributed by atoms with van der Waals surface area (Å²) in [5, 5.41) is 0. The molecule has 6 heteroatoms. The summed E-state index contributed by atoms with van der Waals surface area (Å²) in [5.41, 5.74) is 6.15. The van der Waals surface area contributed by atoms with Crippen LogP contribution >= 0.6 is 15.9 Å². The SMILES string of the molecule is COc1cc(CN(C)CC(N)=O)cc(Br)c1OC. The molecule has 0 spiro atoms. The van der Waals surface area contributed by atoms with Crippen LogP contribution in [0.5, 0.6) is 11.5 Å². The van der Waals surface area contributed by atoms with Gasteiger partial charge in [-0.3, -0.25) is 9.69 Å². The summed E-state index contributed by atoms with van der Waals surface area (Å²) < 4.78 is 11.3. The molecule has 0 saturated heterocycles. The number of hydrogen-bond donors (Lipinski definition) is 1. The molecule has 100 valence electrons. The van der Waals surface area contributed by atoms with Crippen LogP contribution in [0.4, 0.5) is 0 Å². The number of ether oxygens (including phenoxy) is 2. The van der Waals surface area contributed by atoms with Crippen LogP contribution in [0, 0.1) is 0 Å². The Morgan fingerprint density at radius 2 is 2.06 bits per heavy atom. The molecule has 1 aromatic carbocycles. The lowest BCUT2D eigenvalue weighted by molar-refractivity contribution is -0.118. The van der Waals surface area contributed by atoms with E-state index in [1.165, 1.54) is 0 Å². The Labute approximate surface area is 115 Å². The van der Waals surface area contributed by atoms with Crippen molar-refractivity contribution < 1.29 is 14.3 Å². The summed E-state index contributed by atoms with van der Waals surface area (Å²) in [6.45, 7) is 0.813. The molecule has 1 aromatic rings. The molecule has 5 nitrogen and oxygen atoms in total. The number of primary amides is 1. The average molecular weight is 317 g/mol. The van der Waals surface area contributed by atoms with E-state index in [9.17, 15) is 4.79 Å². The van der Waals surface area contributed by atoms with E-state index in [4.69, 9.17) is 15.2 Å². The van der Waals surface area contributed by atoms with Crippen molar-refractivity contribution in [2.75, 3.05) is 27.8 Å². The Bertz CT molecular complexity index is 438. The predicted octanol–water partition coefficient (Wildman–Crippen LogP) is 1.38. The Balaban J connectivity index is 2.90. The highest BCUT2D eigenvalue weighted by molar-refractivity contribution is 9.10. The maximum absolute atomic E-state index is 10.8. The van der Waals surface area contributed by atoms with E-state index < -0.39 is 0 Å². The van der Waals surface area contributed by atoms with Gasteiger partial charge in [0.1, 0.15) is 0 Å². The molecule has 0 saturated carbocycles. The van der Waals surface area contributed by atoms with Gasteiger partial charge in [-0.05, 0) is 40.7 Å². The number of nitrogens with zero attached hydrogens (tertiary/aromatic N) is 1.